The molecule has 1 aromatic carbocycles. The highest BCUT2D eigenvalue weighted by Gasteiger charge is 2.21. The highest BCUT2D eigenvalue weighted by atomic mass is 15.3. The van der Waals surface area contributed by atoms with Gasteiger partial charge in [0, 0.05) is 12.0 Å². The zero-order valence-electron chi connectivity index (χ0n) is 13.8. The van der Waals surface area contributed by atoms with Gasteiger partial charge in [-0.25, -0.2) is 4.98 Å². The Morgan fingerprint density at radius 2 is 1.92 bits per heavy atom. The number of benzene rings is 1. The van der Waals surface area contributed by atoms with E-state index in [0.29, 0.717) is 28.9 Å². The Balaban J connectivity index is 1.60. The second-order valence-electron chi connectivity index (χ2n) is 6.71. The Labute approximate surface area is 144 Å². The van der Waals surface area contributed by atoms with E-state index in [-0.39, 0.29) is 0 Å². The third-order valence-corrected chi connectivity index (χ3v) is 5.07. The normalized spacial score (nSPS) is 16.0. The lowest BCUT2D eigenvalue weighted by molar-refractivity contribution is 0.435. The molecule has 0 spiro atoms. The molecule has 3 N–H and O–H groups in total. The predicted molar refractivity (Wildman–Crippen MR) is 96.1 cm³/mol. The number of hydrogen-bond donors (Lipinski definition) is 2. The van der Waals surface area contributed by atoms with Crippen molar-refractivity contribution >= 4 is 22.5 Å². The number of nitrogens with two attached hydrogens (primary N) is 1. The van der Waals surface area contributed by atoms with E-state index in [4.69, 9.17) is 10.8 Å². The summed E-state index contributed by atoms with van der Waals surface area (Å²) in [6.45, 7) is 0. The van der Waals surface area contributed by atoms with Gasteiger partial charge in [0.2, 0.25) is 0 Å². The molecule has 1 fully saturated rings. The summed E-state index contributed by atoms with van der Waals surface area (Å²) in [4.78, 5) is 7.82. The van der Waals surface area contributed by atoms with Gasteiger partial charge in [0.15, 0.2) is 23.0 Å². The topological polar surface area (TPSA) is 97.8 Å². The molecule has 126 valence electrons. The van der Waals surface area contributed by atoms with Crippen molar-refractivity contribution in [2.75, 3.05) is 5.73 Å². The maximum absolute atomic E-state index is 6.35. The molecule has 0 atom stereocenters. The van der Waals surface area contributed by atoms with Crippen molar-refractivity contribution in [1.29, 1.82) is 0 Å². The van der Waals surface area contributed by atoms with Gasteiger partial charge in [0.05, 0.1) is 16.7 Å². The molecular formula is C18H19N7. The monoisotopic (exact) mass is 333 g/mol. The first-order valence-corrected chi connectivity index (χ1v) is 8.76. The summed E-state index contributed by atoms with van der Waals surface area (Å²) in [5.74, 6) is 1.58. The highest BCUT2D eigenvalue weighted by Crippen LogP contribution is 2.33. The molecule has 0 unspecified atom stereocenters. The first-order valence-electron chi connectivity index (χ1n) is 8.76. The van der Waals surface area contributed by atoms with Crippen LogP contribution >= 0.6 is 0 Å². The summed E-state index contributed by atoms with van der Waals surface area (Å²) in [7, 11) is 0. The van der Waals surface area contributed by atoms with E-state index in [2.05, 4.69) is 20.2 Å². The largest absolute Gasteiger partial charge is 0.382 e. The molecule has 1 aliphatic carbocycles. The van der Waals surface area contributed by atoms with Gasteiger partial charge < -0.3 is 10.7 Å². The maximum atomic E-state index is 6.35. The number of nitrogens with zero attached hydrogens (tertiary/aromatic N) is 5. The molecule has 1 saturated carbocycles. The smallest absolute Gasteiger partial charge is 0.179 e. The van der Waals surface area contributed by atoms with Crippen LogP contribution in [0, 0.1) is 0 Å². The number of hydrogen-bond acceptors (Lipinski definition) is 5. The van der Waals surface area contributed by atoms with Crippen molar-refractivity contribution in [2.45, 2.75) is 38.0 Å². The highest BCUT2D eigenvalue weighted by molar-refractivity contribution is 5.80. The number of H-pyrrole nitrogens is 1. The molecule has 25 heavy (non-hydrogen) atoms. The van der Waals surface area contributed by atoms with E-state index in [1.54, 1.807) is 4.52 Å². The van der Waals surface area contributed by atoms with E-state index >= 15 is 0 Å². The van der Waals surface area contributed by atoms with Gasteiger partial charge in [-0.3, -0.25) is 0 Å². The number of aromatic amines is 1. The zero-order chi connectivity index (χ0) is 16.8. The van der Waals surface area contributed by atoms with E-state index in [1.807, 2.05) is 30.3 Å². The number of imidazole rings is 1. The van der Waals surface area contributed by atoms with Gasteiger partial charge in [-0.15, -0.1) is 10.2 Å². The third kappa shape index (κ3) is 2.34. The number of nitrogens with one attached hydrogen (secondary N) is 1. The van der Waals surface area contributed by atoms with Crippen molar-refractivity contribution in [2.24, 2.45) is 0 Å². The standard InChI is InChI=1S/C18H19N7/c19-17-16(18-20-12-8-4-5-9-13(12)21-18)23-22-15-10-14(24-25(15)17)11-6-2-1-3-7-11/h4-5,8-11H,1-3,6-7,19H2,(H,20,21). The van der Waals surface area contributed by atoms with Gasteiger partial charge in [-0.1, -0.05) is 31.4 Å². The van der Waals surface area contributed by atoms with Crippen LogP contribution in [0.3, 0.4) is 0 Å². The number of aromatic nitrogens is 6. The lowest BCUT2D eigenvalue weighted by Crippen LogP contribution is -2.08. The molecule has 0 aliphatic heterocycles. The van der Waals surface area contributed by atoms with Gasteiger partial charge in [0.1, 0.15) is 0 Å². The van der Waals surface area contributed by atoms with Crippen molar-refractivity contribution < 1.29 is 0 Å². The summed E-state index contributed by atoms with van der Waals surface area (Å²) < 4.78 is 1.69. The van der Waals surface area contributed by atoms with Crippen LogP contribution in [0.1, 0.15) is 43.7 Å². The summed E-state index contributed by atoms with van der Waals surface area (Å²) in [6.07, 6.45) is 6.23. The Morgan fingerprint density at radius 3 is 2.76 bits per heavy atom. The average molecular weight is 333 g/mol. The number of anilines is 1. The molecule has 0 bridgehead atoms. The molecule has 0 radical (unpaired) electrons. The minimum absolute atomic E-state index is 0.464. The van der Waals surface area contributed by atoms with Crippen LogP contribution in [0.2, 0.25) is 0 Å². The molecule has 7 nitrogen and oxygen atoms in total. The Hall–Kier alpha value is -2.96. The first kappa shape index (κ1) is 14.4. The lowest BCUT2D eigenvalue weighted by Gasteiger charge is -2.18. The van der Waals surface area contributed by atoms with Crippen molar-refractivity contribution in [3.8, 4) is 11.5 Å². The molecule has 1 aliphatic rings. The number of fused-ring (bicyclic) bond motifs is 2. The quantitative estimate of drug-likeness (QED) is 0.586. The summed E-state index contributed by atoms with van der Waals surface area (Å²) in [5.41, 5.74) is 10.5. The minimum atomic E-state index is 0.464. The molecule has 5 rings (SSSR count). The Kier molecular flexibility index (Phi) is 3.19. The van der Waals surface area contributed by atoms with Crippen molar-refractivity contribution in [1.82, 2.24) is 29.8 Å². The first-order chi connectivity index (χ1) is 12.3. The zero-order valence-corrected chi connectivity index (χ0v) is 13.8. The lowest BCUT2D eigenvalue weighted by atomic mass is 9.87. The van der Waals surface area contributed by atoms with Crippen LogP contribution in [0.5, 0.6) is 0 Å². The fraction of sp³-hybridized carbons (Fsp3) is 0.333. The molecule has 3 heterocycles. The summed E-state index contributed by atoms with van der Waals surface area (Å²) in [6, 6.07) is 9.86. The van der Waals surface area contributed by atoms with Crippen molar-refractivity contribution in [3.05, 3.63) is 36.0 Å². The number of para-hydroxylation sites is 2. The van der Waals surface area contributed by atoms with Crippen LogP contribution in [0.15, 0.2) is 30.3 Å². The predicted octanol–water partition coefficient (Wildman–Crippen LogP) is 3.30. The molecule has 7 heteroatoms. The SMILES string of the molecule is Nc1c(-c2nc3ccccc3[nH]2)nnc2cc(C3CCCCC3)nn12. The van der Waals surface area contributed by atoms with E-state index < -0.39 is 0 Å². The molecular weight excluding hydrogens is 314 g/mol. The number of nitrogen functional groups attached to an aromatic ring is 1. The van der Waals surface area contributed by atoms with E-state index in [1.165, 1.54) is 32.1 Å². The average Bonchev–Trinajstić information content (AvgIpc) is 3.27. The van der Waals surface area contributed by atoms with Crippen molar-refractivity contribution in [3.63, 3.8) is 0 Å². The molecule has 4 aromatic rings. The minimum Gasteiger partial charge on any atom is -0.382 e. The second-order valence-corrected chi connectivity index (χ2v) is 6.71. The Morgan fingerprint density at radius 1 is 1.08 bits per heavy atom. The second kappa shape index (κ2) is 5.54. The van der Waals surface area contributed by atoms with Gasteiger partial charge >= 0.3 is 0 Å². The van der Waals surface area contributed by atoms with Gasteiger partial charge in [0.25, 0.3) is 0 Å². The van der Waals surface area contributed by atoms with E-state index in [0.717, 1.165) is 16.7 Å². The molecule has 3 aromatic heterocycles. The number of rotatable bonds is 2. The summed E-state index contributed by atoms with van der Waals surface area (Å²) in [5, 5.41) is 13.3. The van der Waals surface area contributed by atoms with Crippen LogP contribution in [0.4, 0.5) is 5.82 Å². The van der Waals surface area contributed by atoms with Crippen LogP contribution in [-0.2, 0) is 0 Å². The van der Waals surface area contributed by atoms with Crippen LogP contribution < -0.4 is 5.73 Å². The molecule has 0 amide bonds. The van der Waals surface area contributed by atoms with Crippen LogP contribution in [-0.4, -0.2) is 29.8 Å². The maximum Gasteiger partial charge on any atom is 0.179 e. The van der Waals surface area contributed by atoms with Gasteiger partial charge in [-0.05, 0) is 25.0 Å². The van der Waals surface area contributed by atoms with Gasteiger partial charge in [-0.2, -0.15) is 9.61 Å². The summed E-state index contributed by atoms with van der Waals surface area (Å²) >= 11 is 0. The Bertz CT molecular complexity index is 1020. The van der Waals surface area contributed by atoms with Crippen LogP contribution in [0.25, 0.3) is 28.2 Å². The fourth-order valence-corrected chi connectivity index (χ4v) is 3.72. The molecule has 0 saturated heterocycles. The fourth-order valence-electron chi connectivity index (χ4n) is 3.72. The third-order valence-electron chi connectivity index (χ3n) is 5.07. The van der Waals surface area contributed by atoms with E-state index in [9.17, 15) is 0 Å².